The SMILES string of the molecule is CC(C)CCCN1CC(C)OC(C)C1. The van der Waals surface area contributed by atoms with Crippen LogP contribution in [0.1, 0.15) is 40.5 Å². The summed E-state index contributed by atoms with van der Waals surface area (Å²) in [5.41, 5.74) is 0. The first kappa shape index (κ1) is 12.0. The van der Waals surface area contributed by atoms with Gasteiger partial charge in [0.2, 0.25) is 0 Å². The summed E-state index contributed by atoms with van der Waals surface area (Å²) in [6.45, 7) is 12.4. The summed E-state index contributed by atoms with van der Waals surface area (Å²) in [6.07, 6.45) is 3.51. The van der Waals surface area contributed by atoms with Gasteiger partial charge in [0.1, 0.15) is 0 Å². The molecule has 84 valence electrons. The van der Waals surface area contributed by atoms with Crippen molar-refractivity contribution >= 4 is 0 Å². The second-order valence-corrected chi connectivity index (χ2v) is 5.05. The molecule has 2 atom stereocenters. The molecule has 0 bridgehead atoms. The Morgan fingerprint density at radius 3 is 2.29 bits per heavy atom. The van der Waals surface area contributed by atoms with Crippen molar-refractivity contribution in [3.8, 4) is 0 Å². The summed E-state index contributed by atoms with van der Waals surface area (Å²) in [5.74, 6) is 0.839. The normalized spacial score (nSPS) is 29.8. The molecule has 2 nitrogen and oxygen atoms in total. The molecule has 1 saturated heterocycles. The van der Waals surface area contributed by atoms with Crippen molar-refractivity contribution in [2.24, 2.45) is 5.92 Å². The zero-order valence-electron chi connectivity index (χ0n) is 10.1. The molecule has 2 heteroatoms. The van der Waals surface area contributed by atoms with Crippen LogP contribution in [0.3, 0.4) is 0 Å². The summed E-state index contributed by atoms with van der Waals surface area (Å²) < 4.78 is 5.70. The summed E-state index contributed by atoms with van der Waals surface area (Å²) in [5, 5.41) is 0. The Kier molecular flexibility index (Phi) is 4.90. The average molecular weight is 199 g/mol. The second kappa shape index (κ2) is 5.72. The Hall–Kier alpha value is -0.0800. The number of hydrogen-bond acceptors (Lipinski definition) is 2. The highest BCUT2D eigenvalue weighted by atomic mass is 16.5. The van der Waals surface area contributed by atoms with Gasteiger partial charge in [0, 0.05) is 13.1 Å². The molecule has 1 heterocycles. The predicted molar refractivity (Wildman–Crippen MR) is 60.5 cm³/mol. The van der Waals surface area contributed by atoms with Crippen molar-refractivity contribution in [3.63, 3.8) is 0 Å². The van der Waals surface area contributed by atoms with Crippen molar-refractivity contribution in [2.75, 3.05) is 19.6 Å². The van der Waals surface area contributed by atoms with Gasteiger partial charge in [0.25, 0.3) is 0 Å². The molecule has 0 radical (unpaired) electrons. The van der Waals surface area contributed by atoms with Crippen LogP contribution in [0.5, 0.6) is 0 Å². The standard InChI is InChI=1S/C12H25NO/c1-10(2)6-5-7-13-8-11(3)14-12(4)9-13/h10-12H,5-9H2,1-4H3. The predicted octanol–water partition coefficient (Wildman–Crippen LogP) is 2.53. The van der Waals surface area contributed by atoms with Crippen LogP contribution in [-0.2, 0) is 4.74 Å². The van der Waals surface area contributed by atoms with E-state index in [0.29, 0.717) is 12.2 Å². The van der Waals surface area contributed by atoms with Gasteiger partial charge in [-0.3, -0.25) is 4.90 Å². The topological polar surface area (TPSA) is 12.5 Å². The first-order valence-corrected chi connectivity index (χ1v) is 5.95. The lowest BCUT2D eigenvalue weighted by Gasteiger charge is -2.35. The fourth-order valence-electron chi connectivity index (χ4n) is 2.19. The van der Waals surface area contributed by atoms with E-state index in [1.807, 2.05) is 0 Å². The Bertz CT molecular complexity index is 148. The highest BCUT2D eigenvalue weighted by Gasteiger charge is 2.21. The fourth-order valence-corrected chi connectivity index (χ4v) is 2.19. The third-order valence-electron chi connectivity index (χ3n) is 2.75. The van der Waals surface area contributed by atoms with E-state index in [-0.39, 0.29) is 0 Å². The molecular weight excluding hydrogens is 174 g/mol. The molecule has 1 aliphatic heterocycles. The van der Waals surface area contributed by atoms with Crippen LogP contribution in [0, 0.1) is 5.92 Å². The lowest BCUT2D eigenvalue weighted by atomic mass is 10.1. The van der Waals surface area contributed by atoms with E-state index in [1.165, 1.54) is 19.4 Å². The van der Waals surface area contributed by atoms with E-state index in [2.05, 4.69) is 32.6 Å². The van der Waals surface area contributed by atoms with Gasteiger partial charge in [-0.15, -0.1) is 0 Å². The van der Waals surface area contributed by atoms with Gasteiger partial charge in [-0.2, -0.15) is 0 Å². The summed E-state index contributed by atoms with van der Waals surface area (Å²) in [6, 6.07) is 0. The Balaban J connectivity index is 2.17. The Labute approximate surface area is 88.6 Å². The Morgan fingerprint density at radius 2 is 1.79 bits per heavy atom. The van der Waals surface area contributed by atoms with Crippen LogP contribution >= 0.6 is 0 Å². The van der Waals surface area contributed by atoms with Gasteiger partial charge in [0.05, 0.1) is 12.2 Å². The number of rotatable bonds is 4. The fraction of sp³-hybridized carbons (Fsp3) is 1.00. The molecule has 0 saturated carbocycles. The minimum absolute atomic E-state index is 0.415. The largest absolute Gasteiger partial charge is 0.373 e. The van der Waals surface area contributed by atoms with E-state index >= 15 is 0 Å². The number of hydrogen-bond donors (Lipinski definition) is 0. The van der Waals surface area contributed by atoms with Gasteiger partial charge >= 0.3 is 0 Å². The number of ether oxygens (including phenoxy) is 1. The summed E-state index contributed by atoms with van der Waals surface area (Å²) >= 11 is 0. The molecular formula is C12H25NO. The molecule has 0 aromatic rings. The maximum atomic E-state index is 5.70. The van der Waals surface area contributed by atoms with E-state index in [0.717, 1.165) is 19.0 Å². The van der Waals surface area contributed by atoms with Gasteiger partial charge < -0.3 is 4.74 Å². The minimum atomic E-state index is 0.415. The van der Waals surface area contributed by atoms with Crippen molar-refractivity contribution in [3.05, 3.63) is 0 Å². The highest BCUT2D eigenvalue weighted by Crippen LogP contribution is 2.12. The van der Waals surface area contributed by atoms with E-state index < -0.39 is 0 Å². The first-order valence-electron chi connectivity index (χ1n) is 5.95. The lowest BCUT2D eigenvalue weighted by Crippen LogP contribution is -2.45. The smallest absolute Gasteiger partial charge is 0.0678 e. The third-order valence-corrected chi connectivity index (χ3v) is 2.75. The lowest BCUT2D eigenvalue weighted by molar-refractivity contribution is -0.0682. The summed E-state index contributed by atoms with van der Waals surface area (Å²) in [4.78, 5) is 2.54. The van der Waals surface area contributed by atoms with Gasteiger partial charge in [-0.05, 0) is 39.2 Å². The molecule has 2 unspecified atom stereocenters. The second-order valence-electron chi connectivity index (χ2n) is 5.05. The molecule has 0 amide bonds. The molecule has 1 rings (SSSR count). The first-order chi connectivity index (χ1) is 6.58. The molecule has 0 N–H and O–H groups in total. The molecule has 14 heavy (non-hydrogen) atoms. The van der Waals surface area contributed by atoms with Crippen molar-refractivity contribution in [1.82, 2.24) is 4.90 Å². The molecule has 0 aliphatic carbocycles. The van der Waals surface area contributed by atoms with Gasteiger partial charge in [-0.25, -0.2) is 0 Å². The van der Waals surface area contributed by atoms with Crippen LogP contribution < -0.4 is 0 Å². The number of nitrogens with zero attached hydrogens (tertiary/aromatic N) is 1. The zero-order chi connectivity index (χ0) is 10.6. The van der Waals surface area contributed by atoms with Crippen LogP contribution in [-0.4, -0.2) is 36.7 Å². The third kappa shape index (κ3) is 4.43. The van der Waals surface area contributed by atoms with Crippen molar-refractivity contribution in [1.29, 1.82) is 0 Å². The monoisotopic (exact) mass is 199 g/mol. The number of morpholine rings is 1. The van der Waals surface area contributed by atoms with Gasteiger partial charge in [-0.1, -0.05) is 13.8 Å². The molecule has 0 aromatic heterocycles. The maximum absolute atomic E-state index is 5.70. The minimum Gasteiger partial charge on any atom is -0.373 e. The molecule has 1 fully saturated rings. The Morgan fingerprint density at radius 1 is 1.21 bits per heavy atom. The van der Waals surface area contributed by atoms with Crippen LogP contribution in [0.15, 0.2) is 0 Å². The van der Waals surface area contributed by atoms with E-state index in [9.17, 15) is 0 Å². The van der Waals surface area contributed by atoms with Crippen LogP contribution in [0.25, 0.3) is 0 Å². The van der Waals surface area contributed by atoms with Crippen molar-refractivity contribution in [2.45, 2.75) is 52.7 Å². The van der Waals surface area contributed by atoms with Crippen molar-refractivity contribution < 1.29 is 4.74 Å². The molecule has 1 aliphatic rings. The molecule has 0 aromatic carbocycles. The van der Waals surface area contributed by atoms with E-state index in [4.69, 9.17) is 4.74 Å². The zero-order valence-corrected chi connectivity index (χ0v) is 10.1. The van der Waals surface area contributed by atoms with Gasteiger partial charge in [0.15, 0.2) is 0 Å². The average Bonchev–Trinajstić information content (AvgIpc) is 2.01. The maximum Gasteiger partial charge on any atom is 0.0678 e. The summed E-state index contributed by atoms with van der Waals surface area (Å²) in [7, 11) is 0. The molecule has 0 spiro atoms. The van der Waals surface area contributed by atoms with Crippen LogP contribution in [0.4, 0.5) is 0 Å². The highest BCUT2D eigenvalue weighted by molar-refractivity contribution is 4.72. The quantitative estimate of drug-likeness (QED) is 0.690. The van der Waals surface area contributed by atoms with E-state index in [1.54, 1.807) is 0 Å². The van der Waals surface area contributed by atoms with Crippen LogP contribution in [0.2, 0.25) is 0 Å².